The van der Waals surface area contributed by atoms with Gasteiger partial charge in [-0.25, -0.2) is 9.97 Å². The molecule has 0 aliphatic heterocycles. The van der Waals surface area contributed by atoms with Crippen molar-refractivity contribution in [2.24, 2.45) is 0 Å². The summed E-state index contributed by atoms with van der Waals surface area (Å²) in [5.74, 6) is -0.117. The van der Waals surface area contributed by atoms with Crippen LogP contribution < -0.4 is 0 Å². The van der Waals surface area contributed by atoms with Gasteiger partial charge in [-0.3, -0.25) is 4.79 Å². The van der Waals surface area contributed by atoms with Gasteiger partial charge in [0.1, 0.15) is 17.7 Å². The number of amides is 1. The fraction of sp³-hybridized carbons (Fsp3) is 0.250. The number of nitrogens with one attached hydrogen (secondary N) is 2. The van der Waals surface area contributed by atoms with Gasteiger partial charge in [-0.1, -0.05) is 0 Å². The Hall–Kier alpha value is -3.14. The van der Waals surface area contributed by atoms with Gasteiger partial charge in [0.2, 0.25) is 0 Å². The van der Waals surface area contributed by atoms with Crippen LogP contribution in [0.1, 0.15) is 26.7 Å². The van der Waals surface area contributed by atoms with Gasteiger partial charge in [0, 0.05) is 39.3 Å². The minimum absolute atomic E-state index is 0. The van der Waals surface area contributed by atoms with E-state index in [9.17, 15) is 4.79 Å². The lowest BCUT2D eigenvalue weighted by Gasteiger charge is -2.18. The highest BCUT2D eigenvalue weighted by atomic mass is 16.2. The third-order valence-corrected chi connectivity index (χ3v) is 3.70. The van der Waals surface area contributed by atoms with Crippen molar-refractivity contribution in [2.75, 3.05) is 13.1 Å². The number of aromatic amines is 2. The summed E-state index contributed by atoms with van der Waals surface area (Å²) < 4.78 is 0. The maximum atomic E-state index is 12.5. The largest absolute Gasteiger partial charge is 0.357 e. The van der Waals surface area contributed by atoms with Crippen LogP contribution in [-0.2, 0) is 0 Å². The number of H-pyrrole nitrogens is 2. The van der Waals surface area contributed by atoms with E-state index in [0.717, 1.165) is 22.3 Å². The molecule has 0 bridgehead atoms. The van der Waals surface area contributed by atoms with Crippen LogP contribution in [0.25, 0.3) is 22.3 Å². The lowest BCUT2D eigenvalue weighted by Crippen LogP contribution is -2.31. The number of carbonyl (C=O) groups is 1. The molecular formula is C16H20N6O. The van der Waals surface area contributed by atoms with Crippen molar-refractivity contribution in [3.05, 3.63) is 36.5 Å². The van der Waals surface area contributed by atoms with Crippen molar-refractivity contribution in [2.45, 2.75) is 13.3 Å². The standard InChI is InChI=1S/C16H16N6O.2H2/c1-2-22(7-3-5-17)16(23)13-8-11(9-19-13)14-12-4-6-18-15(12)21-10-20-14;;/h4,6,8-10,19H,2-3,7H2,1H3,(H,18,20,21);2*1H. The third-order valence-electron chi connectivity index (χ3n) is 3.70. The molecule has 0 spiro atoms. The van der Waals surface area contributed by atoms with Crippen LogP contribution in [0, 0.1) is 11.3 Å². The molecule has 3 aromatic rings. The Bertz CT molecular complexity index is 882. The second-order valence-electron chi connectivity index (χ2n) is 5.06. The zero-order chi connectivity index (χ0) is 16.2. The summed E-state index contributed by atoms with van der Waals surface area (Å²) in [7, 11) is 0. The van der Waals surface area contributed by atoms with Gasteiger partial charge >= 0.3 is 0 Å². The molecule has 0 aliphatic rings. The van der Waals surface area contributed by atoms with Gasteiger partial charge in [-0.2, -0.15) is 5.26 Å². The van der Waals surface area contributed by atoms with Crippen molar-refractivity contribution in [1.82, 2.24) is 24.8 Å². The molecule has 0 fully saturated rings. The van der Waals surface area contributed by atoms with Crippen LogP contribution in [0.3, 0.4) is 0 Å². The summed E-state index contributed by atoms with van der Waals surface area (Å²) in [6.07, 6.45) is 5.39. The summed E-state index contributed by atoms with van der Waals surface area (Å²) in [5.41, 5.74) is 2.85. The number of hydrogen-bond donors (Lipinski definition) is 2. The van der Waals surface area contributed by atoms with Crippen LogP contribution in [0.5, 0.6) is 0 Å². The Balaban J connectivity index is 0.00000156. The summed E-state index contributed by atoms with van der Waals surface area (Å²) in [6, 6.07) is 5.75. The summed E-state index contributed by atoms with van der Waals surface area (Å²) in [4.78, 5) is 28.7. The van der Waals surface area contributed by atoms with Gasteiger partial charge in [-0.15, -0.1) is 0 Å². The molecule has 0 aromatic carbocycles. The number of rotatable bonds is 5. The molecule has 0 unspecified atom stereocenters. The van der Waals surface area contributed by atoms with Crippen LogP contribution in [0.4, 0.5) is 0 Å². The van der Waals surface area contributed by atoms with Crippen molar-refractivity contribution in [3.8, 4) is 17.3 Å². The van der Waals surface area contributed by atoms with Crippen LogP contribution in [0.2, 0.25) is 0 Å². The zero-order valence-electron chi connectivity index (χ0n) is 12.7. The molecule has 1 amide bonds. The SMILES string of the molecule is CCN(CCC#N)C(=O)c1cc(-c2ncnc3[nH]ccc23)c[nH]1.[HH].[HH]. The number of aromatic nitrogens is 4. The van der Waals surface area contributed by atoms with E-state index in [1.807, 2.05) is 19.2 Å². The molecule has 120 valence electrons. The summed E-state index contributed by atoms with van der Waals surface area (Å²) in [6.45, 7) is 2.88. The van der Waals surface area contributed by atoms with Crippen molar-refractivity contribution in [1.29, 1.82) is 5.26 Å². The quantitative estimate of drug-likeness (QED) is 0.756. The molecule has 3 aromatic heterocycles. The van der Waals surface area contributed by atoms with E-state index in [1.54, 1.807) is 17.2 Å². The Morgan fingerprint density at radius 3 is 3.09 bits per heavy atom. The van der Waals surface area contributed by atoms with E-state index < -0.39 is 0 Å². The number of carbonyl (C=O) groups excluding carboxylic acids is 1. The predicted molar refractivity (Wildman–Crippen MR) is 89.7 cm³/mol. The topological polar surface area (TPSA) is 101 Å². The molecular weight excluding hydrogens is 292 g/mol. The third kappa shape index (κ3) is 2.79. The monoisotopic (exact) mass is 312 g/mol. The minimum atomic E-state index is -0.117. The zero-order valence-corrected chi connectivity index (χ0v) is 12.7. The average molecular weight is 312 g/mol. The van der Waals surface area contributed by atoms with E-state index >= 15 is 0 Å². The number of nitrogens with zero attached hydrogens (tertiary/aromatic N) is 4. The predicted octanol–water partition coefficient (Wildman–Crippen LogP) is 2.82. The number of hydrogen-bond acceptors (Lipinski definition) is 4. The second-order valence-corrected chi connectivity index (χ2v) is 5.06. The molecule has 0 saturated heterocycles. The first-order valence-corrected chi connectivity index (χ1v) is 7.37. The molecule has 2 N–H and O–H groups in total. The first-order chi connectivity index (χ1) is 11.2. The highest BCUT2D eigenvalue weighted by molar-refractivity contribution is 5.96. The number of nitriles is 1. The second kappa shape index (κ2) is 6.32. The molecule has 0 aliphatic carbocycles. The molecule has 0 saturated carbocycles. The highest BCUT2D eigenvalue weighted by Crippen LogP contribution is 2.25. The Labute approximate surface area is 136 Å². The molecule has 7 nitrogen and oxygen atoms in total. The molecule has 7 heteroatoms. The van der Waals surface area contributed by atoms with E-state index in [-0.39, 0.29) is 8.76 Å². The van der Waals surface area contributed by atoms with E-state index in [4.69, 9.17) is 5.26 Å². The van der Waals surface area contributed by atoms with Crippen molar-refractivity contribution >= 4 is 16.9 Å². The highest BCUT2D eigenvalue weighted by Gasteiger charge is 2.17. The lowest BCUT2D eigenvalue weighted by atomic mass is 10.1. The van der Waals surface area contributed by atoms with Crippen LogP contribution >= 0.6 is 0 Å². The normalized spacial score (nSPS) is 10.6. The molecule has 0 atom stereocenters. The van der Waals surface area contributed by atoms with Crippen molar-refractivity contribution in [3.63, 3.8) is 0 Å². The van der Waals surface area contributed by atoms with Gasteiger partial charge in [-0.05, 0) is 19.1 Å². The number of fused-ring (bicyclic) bond motifs is 1. The Morgan fingerprint density at radius 1 is 1.43 bits per heavy atom. The summed E-state index contributed by atoms with van der Waals surface area (Å²) in [5, 5.41) is 9.59. The Morgan fingerprint density at radius 2 is 2.30 bits per heavy atom. The van der Waals surface area contributed by atoms with Crippen LogP contribution in [0.15, 0.2) is 30.9 Å². The van der Waals surface area contributed by atoms with Crippen LogP contribution in [-0.4, -0.2) is 43.8 Å². The van der Waals surface area contributed by atoms with E-state index in [0.29, 0.717) is 25.2 Å². The minimum Gasteiger partial charge on any atom is -0.357 e. The van der Waals surface area contributed by atoms with Crippen molar-refractivity contribution < 1.29 is 7.65 Å². The van der Waals surface area contributed by atoms with E-state index in [2.05, 4.69) is 26.0 Å². The first kappa shape index (κ1) is 14.8. The first-order valence-electron chi connectivity index (χ1n) is 7.37. The molecule has 0 radical (unpaired) electrons. The molecule has 3 rings (SSSR count). The maximum Gasteiger partial charge on any atom is 0.270 e. The molecule has 23 heavy (non-hydrogen) atoms. The average Bonchev–Trinajstić information content (AvgIpc) is 3.24. The van der Waals surface area contributed by atoms with E-state index in [1.165, 1.54) is 6.33 Å². The fourth-order valence-electron chi connectivity index (χ4n) is 2.52. The van der Waals surface area contributed by atoms with Gasteiger partial charge in [0.15, 0.2) is 0 Å². The van der Waals surface area contributed by atoms with Gasteiger partial charge in [0.05, 0.1) is 18.2 Å². The Kier molecular flexibility index (Phi) is 4.06. The smallest absolute Gasteiger partial charge is 0.270 e. The summed E-state index contributed by atoms with van der Waals surface area (Å²) >= 11 is 0. The van der Waals surface area contributed by atoms with Gasteiger partial charge in [0.25, 0.3) is 5.91 Å². The van der Waals surface area contributed by atoms with Gasteiger partial charge < -0.3 is 14.9 Å². The molecule has 3 heterocycles. The fourth-order valence-corrected chi connectivity index (χ4v) is 2.52. The maximum absolute atomic E-state index is 12.5. The lowest BCUT2D eigenvalue weighted by molar-refractivity contribution is 0.0762.